The normalized spacial score (nSPS) is 15.2. The maximum absolute atomic E-state index is 6.05. The Kier molecular flexibility index (Phi) is 9.62. The van der Waals surface area contributed by atoms with Gasteiger partial charge in [-0.3, -0.25) is 0 Å². The molecule has 0 bridgehead atoms. The number of hydrogen-bond donors (Lipinski definition) is 2. The number of nitrogens with one attached hydrogen (secondary N) is 1. The van der Waals surface area contributed by atoms with Gasteiger partial charge < -0.3 is 15.8 Å². The van der Waals surface area contributed by atoms with E-state index in [9.17, 15) is 0 Å². The minimum atomic E-state index is 0. The predicted octanol–water partition coefficient (Wildman–Crippen LogP) is 4.76. The molecule has 27 heavy (non-hydrogen) atoms. The zero-order valence-electron chi connectivity index (χ0n) is 15.8. The van der Waals surface area contributed by atoms with E-state index in [1.165, 1.54) is 37.7 Å². The van der Waals surface area contributed by atoms with Crippen molar-refractivity contribution >= 4 is 29.9 Å². The topological polar surface area (TPSA) is 59.6 Å². The molecule has 3 rings (SSSR count). The lowest BCUT2D eigenvalue weighted by Gasteiger charge is -2.23. The molecule has 0 radical (unpaired) electrons. The van der Waals surface area contributed by atoms with Gasteiger partial charge in [-0.2, -0.15) is 0 Å². The Hall–Kier alpha value is -1.60. The van der Waals surface area contributed by atoms with Crippen molar-refractivity contribution in [3.05, 3.63) is 71.3 Å². The lowest BCUT2D eigenvalue weighted by atomic mass is 9.96. The van der Waals surface area contributed by atoms with Crippen molar-refractivity contribution in [2.24, 2.45) is 10.7 Å². The summed E-state index contributed by atoms with van der Waals surface area (Å²) in [5.41, 5.74) is 9.55. The molecule has 146 valence electrons. The van der Waals surface area contributed by atoms with E-state index in [2.05, 4.69) is 46.7 Å². The summed E-state index contributed by atoms with van der Waals surface area (Å²) in [5, 5.41) is 3.36. The molecule has 0 heterocycles. The van der Waals surface area contributed by atoms with Crippen LogP contribution < -0.4 is 11.1 Å². The molecule has 1 aliphatic carbocycles. The highest BCUT2D eigenvalue weighted by atomic mass is 127. The number of hydrogen-bond acceptors (Lipinski definition) is 2. The van der Waals surface area contributed by atoms with Gasteiger partial charge in [-0.15, -0.1) is 24.0 Å². The first-order valence-corrected chi connectivity index (χ1v) is 9.55. The van der Waals surface area contributed by atoms with Gasteiger partial charge in [-0.25, -0.2) is 4.99 Å². The van der Waals surface area contributed by atoms with Crippen molar-refractivity contribution in [3.8, 4) is 0 Å². The maximum Gasteiger partial charge on any atom is 0.189 e. The number of nitrogens with two attached hydrogens (primary N) is 1. The van der Waals surface area contributed by atoms with Gasteiger partial charge >= 0.3 is 0 Å². The summed E-state index contributed by atoms with van der Waals surface area (Å²) >= 11 is 0. The third-order valence-electron chi connectivity index (χ3n) is 4.76. The highest BCUT2D eigenvalue weighted by Crippen LogP contribution is 2.17. The predicted molar refractivity (Wildman–Crippen MR) is 122 cm³/mol. The van der Waals surface area contributed by atoms with E-state index in [0.29, 0.717) is 31.8 Å². The van der Waals surface area contributed by atoms with Crippen LogP contribution in [0.2, 0.25) is 0 Å². The van der Waals surface area contributed by atoms with E-state index < -0.39 is 0 Å². The van der Waals surface area contributed by atoms with Crippen LogP contribution in [0, 0.1) is 0 Å². The lowest BCUT2D eigenvalue weighted by Crippen LogP contribution is -2.41. The van der Waals surface area contributed by atoms with Gasteiger partial charge in [0.05, 0.1) is 19.8 Å². The van der Waals surface area contributed by atoms with Crippen molar-refractivity contribution < 1.29 is 4.74 Å². The molecule has 0 amide bonds. The minimum Gasteiger partial charge on any atom is -0.372 e. The molecule has 0 saturated heterocycles. The van der Waals surface area contributed by atoms with E-state index in [4.69, 9.17) is 10.5 Å². The van der Waals surface area contributed by atoms with Crippen LogP contribution in [0.25, 0.3) is 0 Å². The number of benzene rings is 2. The Morgan fingerprint density at radius 3 is 2.37 bits per heavy atom. The first-order valence-electron chi connectivity index (χ1n) is 9.55. The molecule has 0 spiro atoms. The molecule has 0 aromatic heterocycles. The number of guanidine groups is 1. The van der Waals surface area contributed by atoms with E-state index in [0.717, 1.165) is 11.1 Å². The molecule has 4 nitrogen and oxygen atoms in total. The second-order valence-electron chi connectivity index (χ2n) is 6.98. The fraction of sp³-hybridized carbons (Fsp3) is 0.409. The SMILES string of the molecule is I.NC(=NCc1cccc(COCc2ccccc2)c1)NC1CCCCC1. The summed E-state index contributed by atoms with van der Waals surface area (Å²) in [5.74, 6) is 0.558. The molecule has 0 atom stereocenters. The first kappa shape index (κ1) is 21.7. The average molecular weight is 479 g/mol. The summed E-state index contributed by atoms with van der Waals surface area (Å²) in [6.45, 7) is 1.82. The van der Waals surface area contributed by atoms with Crippen molar-refractivity contribution in [2.45, 2.75) is 57.9 Å². The molecule has 2 aromatic rings. The van der Waals surface area contributed by atoms with Gasteiger partial charge in [0.25, 0.3) is 0 Å². The molecule has 2 aromatic carbocycles. The monoisotopic (exact) mass is 479 g/mol. The number of ether oxygens (including phenoxy) is 1. The Morgan fingerprint density at radius 2 is 1.59 bits per heavy atom. The van der Waals surface area contributed by atoms with E-state index in [-0.39, 0.29) is 24.0 Å². The van der Waals surface area contributed by atoms with Crippen LogP contribution >= 0.6 is 24.0 Å². The zero-order chi connectivity index (χ0) is 18.0. The molecular formula is C22H30IN3O. The molecular weight excluding hydrogens is 449 g/mol. The molecule has 5 heteroatoms. The third kappa shape index (κ3) is 7.89. The quantitative estimate of drug-likeness (QED) is 0.342. The van der Waals surface area contributed by atoms with Crippen LogP contribution in [0.3, 0.4) is 0 Å². The number of aliphatic imine (C=N–C) groups is 1. The number of halogens is 1. The maximum atomic E-state index is 6.05. The van der Waals surface area contributed by atoms with Crippen LogP contribution in [0.5, 0.6) is 0 Å². The third-order valence-corrected chi connectivity index (χ3v) is 4.76. The Morgan fingerprint density at radius 1 is 0.926 bits per heavy atom. The lowest BCUT2D eigenvalue weighted by molar-refractivity contribution is 0.107. The van der Waals surface area contributed by atoms with Gasteiger partial charge in [0.2, 0.25) is 0 Å². The fourth-order valence-corrected chi connectivity index (χ4v) is 3.36. The molecule has 1 aliphatic rings. The summed E-state index contributed by atoms with van der Waals surface area (Å²) in [7, 11) is 0. The van der Waals surface area contributed by atoms with Crippen LogP contribution in [-0.2, 0) is 24.5 Å². The minimum absolute atomic E-state index is 0. The zero-order valence-corrected chi connectivity index (χ0v) is 18.1. The summed E-state index contributed by atoms with van der Waals surface area (Å²) in [6.07, 6.45) is 6.31. The highest BCUT2D eigenvalue weighted by Gasteiger charge is 2.13. The van der Waals surface area contributed by atoms with Crippen LogP contribution in [0.15, 0.2) is 59.6 Å². The van der Waals surface area contributed by atoms with Crippen molar-refractivity contribution in [1.82, 2.24) is 5.32 Å². The molecule has 0 unspecified atom stereocenters. The van der Waals surface area contributed by atoms with Gasteiger partial charge in [0.1, 0.15) is 0 Å². The average Bonchev–Trinajstić information content (AvgIpc) is 2.68. The van der Waals surface area contributed by atoms with Crippen molar-refractivity contribution in [2.75, 3.05) is 0 Å². The van der Waals surface area contributed by atoms with Crippen molar-refractivity contribution in [1.29, 1.82) is 0 Å². The second kappa shape index (κ2) is 12.0. The van der Waals surface area contributed by atoms with Gasteiger partial charge in [0.15, 0.2) is 5.96 Å². The molecule has 1 saturated carbocycles. The van der Waals surface area contributed by atoms with E-state index in [1.54, 1.807) is 0 Å². The van der Waals surface area contributed by atoms with Crippen LogP contribution in [0.4, 0.5) is 0 Å². The van der Waals surface area contributed by atoms with Crippen LogP contribution in [-0.4, -0.2) is 12.0 Å². The summed E-state index contributed by atoms with van der Waals surface area (Å²) in [4.78, 5) is 4.50. The highest BCUT2D eigenvalue weighted by molar-refractivity contribution is 14.0. The number of rotatable bonds is 7. The molecule has 1 fully saturated rings. The van der Waals surface area contributed by atoms with E-state index in [1.807, 2.05) is 18.2 Å². The number of nitrogens with zero attached hydrogens (tertiary/aromatic N) is 1. The first-order chi connectivity index (χ1) is 12.8. The van der Waals surface area contributed by atoms with Crippen LogP contribution in [0.1, 0.15) is 48.8 Å². The van der Waals surface area contributed by atoms with Gasteiger partial charge in [-0.05, 0) is 29.5 Å². The second-order valence-corrected chi connectivity index (χ2v) is 6.98. The van der Waals surface area contributed by atoms with E-state index >= 15 is 0 Å². The summed E-state index contributed by atoms with van der Waals surface area (Å²) < 4.78 is 5.81. The van der Waals surface area contributed by atoms with Gasteiger partial charge in [0, 0.05) is 6.04 Å². The molecule has 0 aliphatic heterocycles. The Bertz CT molecular complexity index is 700. The van der Waals surface area contributed by atoms with Gasteiger partial charge in [-0.1, -0.05) is 73.9 Å². The standard InChI is InChI=1S/C22H29N3O.HI/c23-22(25-21-12-5-2-6-13-21)24-15-19-10-7-11-20(14-19)17-26-16-18-8-3-1-4-9-18;/h1,3-4,7-11,14,21H,2,5-6,12-13,15-17H2,(H3,23,24,25);1H. The smallest absolute Gasteiger partial charge is 0.189 e. The molecule has 3 N–H and O–H groups in total. The Labute approximate surface area is 179 Å². The summed E-state index contributed by atoms with van der Waals surface area (Å²) in [6, 6.07) is 19.1. The fourth-order valence-electron chi connectivity index (χ4n) is 3.36. The largest absolute Gasteiger partial charge is 0.372 e. The van der Waals surface area contributed by atoms with Crippen molar-refractivity contribution in [3.63, 3.8) is 0 Å². The Balaban J connectivity index is 0.00000261.